The van der Waals surface area contributed by atoms with Crippen LogP contribution in [-0.4, -0.2) is 67.2 Å². The van der Waals surface area contributed by atoms with E-state index in [0.29, 0.717) is 12.5 Å². The van der Waals surface area contributed by atoms with Gasteiger partial charge in [0, 0.05) is 26.2 Å². The van der Waals surface area contributed by atoms with Crippen molar-refractivity contribution in [3.05, 3.63) is 0 Å². The molecule has 3 rings (SSSR count). The van der Waals surface area contributed by atoms with E-state index in [1.807, 2.05) is 4.90 Å². The number of amides is 1. The van der Waals surface area contributed by atoms with Crippen LogP contribution in [0.1, 0.15) is 32.1 Å². The third-order valence-electron chi connectivity index (χ3n) is 4.96. The highest BCUT2D eigenvalue weighted by Gasteiger charge is 2.36. The number of carbonyl (C=O) groups excluding carboxylic acids is 1. The number of nitrogens with zero attached hydrogens (tertiary/aromatic N) is 2. The molecule has 7 heteroatoms. The first kappa shape index (κ1) is 20.0. The van der Waals surface area contributed by atoms with Crippen LogP contribution in [-0.2, 0) is 9.53 Å². The molecule has 1 unspecified atom stereocenters. The molecular weight excluding hydrogens is 325 g/mol. The number of nitrogens with two attached hydrogens (primary N) is 1. The molecule has 0 aliphatic carbocycles. The maximum absolute atomic E-state index is 12.4. The average molecular weight is 354 g/mol. The molecule has 0 radical (unpaired) electrons. The number of hydrogen-bond acceptors (Lipinski definition) is 4. The molecule has 2 N–H and O–H groups in total. The van der Waals surface area contributed by atoms with Crippen molar-refractivity contribution in [2.45, 2.75) is 44.3 Å². The number of rotatable bonds is 4. The van der Waals surface area contributed by atoms with Crippen molar-refractivity contribution in [3.8, 4) is 0 Å². The minimum Gasteiger partial charge on any atom is -0.364 e. The monoisotopic (exact) mass is 353 g/mol. The number of halogens is 2. The van der Waals surface area contributed by atoms with E-state index in [2.05, 4.69) is 4.90 Å². The van der Waals surface area contributed by atoms with Gasteiger partial charge in [0.05, 0.1) is 6.10 Å². The second kappa shape index (κ2) is 9.28. The fourth-order valence-electron chi connectivity index (χ4n) is 3.78. The second-order valence-corrected chi connectivity index (χ2v) is 6.51. The van der Waals surface area contributed by atoms with Crippen LogP contribution in [0.25, 0.3) is 0 Å². The van der Waals surface area contributed by atoms with Gasteiger partial charge >= 0.3 is 0 Å². The van der Waals surface area contributed by atoms with Crippen molar-refractivity contribution in [1.82, 2.24) is 9.80 Å². The Bertz CT molecular complexity index is 354. The highest BCUT2D eigenvalue weighted by atomic mass is 35.5. The molecule has 130 valence electrons. The van der Waals surface area contributed by atoms with Crippen molar-refractivity contribution >= 4 is 30.7 Å². The fraction of sp³-hybridized carbons (Fsp3) is 0.933. The van der Waals surface area contributed by atoms with Crippen molar-refractivity contribution < 1.29 is 9.53 Å². The fourth-order valence-corrected chi connectivity index (χ4v) is 3.78. The lowest BCUT2D eigenvalue weighted by molar-refractivity contribution is -0.141. The lowest BCUT2D eigenvalue weighted by atomic mass is 10.1. The lowest BCUT2D eigenvalue weighted by Gasteiger charge is -2.22. The van der Waals surface area contributed by atoms with Gasteiger partial charge < -0.3 is 20.3 Å². The molecule has 0 saturated carbocycles. The SMILES string of the molecule is Cl.Cl.NC[C@H]1CC[C@@H](C(=O)N2CCC(CN3CCCC3)C2)O1. The highest BCUT2D eigenvalue weighted by Crippen LogP contribution is 2.25. The minimum atomic E-state index is -0.228. The smallest absolute Gasteiger partial charge is 0.251 e. The van der Waals surface area contributed by atoms with Gasteiger partial charge in [-0.15, -0.1) is 24.8 Å². The quantitative estimate of drug-likeness (QED) is 0.826. The first-order valence-electron chi connectivity index (χ1n) is 8.13. The molecule has 3 fully saturated rings. The van der Waals surface area contributed by atoms with E-state index in [-0.39, 0.29) is 42.9 Å². The molecule has 1 amide bonds. The summed E-state index contributed by atoms with van der Waals surface area (Å²) in [5.41, 5.74) is 5.61. The van der Waals surface area contributed by atoms with Crippen LogP contribution in [0, 0.1) is 5.92 Å². The van der Waals surface area contributed by atoms with Gasteiger partial charge in [0.15, 0.2) is 0 Å². The van der Waals surface area contributed by atoms with Crippen molar-refractivity contribution in [2.24, 2.45) is 11.7 Å². The summed E-state index contributed by atoms with van der Waals surface area (Å²) < 4.78 is 5.73. The van der Waals surface area contributed by atoms with E-state index >= 15 is 0 Å². The molecule has 5 nitrogen and oxygen atoms in total. The Balaban J connectivity index is 0.00000121. The minimum absolute atomic E-state index is 0. The predicted octanol–water partition coefficient (Wildman–Crippen LogP) is 1.28. The zero-order chi connectivity index (χ0) is 13.9. The predicted molar refractivity (Wildman–Crippen MR) is 91.8 cm³/mol. The maximum Gasteiger partial charge on any atom is 0.251 e. The molecule has 0 aromatic heterocycles. The largest absolute Gasteiger partial charge is 0.364 e. The van der Waals surface area contributed by atoms with Crippen LogP contribution >= 0.6 is 24.8 Å². The molecule has 3 heterocycles. The molecule has 22 heavy (non-hydrogen) atoms. The molecule has 3 saturated heterocycles. The van der Waals surface area contributed by atoms with Gasteiger partial charge in [-0.05, 0) is 51.1 Å². The van der Waals surface area contributed by atoms with Crippen LogP contribution < -0.4 is 5.73 Å². The highest BCUT2D eigenvalue weighted by molar-refractivity contribution is 5.85. The molecule has 0 aromatic carbocycles. The van der Waals surface area contributed by atoms with E-state index in [1.54, 1.807) is 0 Å². The summed E-state index contributed by atoms with van der Waals surface area (Å²) in [7, 11) is 0. The van der Waals surface area contributed by atoms with Crippen molar-refractivity contribution in [1.29, 1.82) is 0 Å². The van der Waals surface area contributed by atoms with Gasteiger partial charge in [-0.25, -0.2) is 0 Å². The van der Waals surface area contributed by atoms with Crippen LogP contribution in [0.3, 0.4) is 0 Å². The van der Waals surface area contributed by atoms with E-state index in [0.717, 1.165) is 32.4 Å². The topological polar surface area (TPSA) is 58.8 Å². The standard InChI is InChI=1S/C15H27N3O2.2ClH/c16-9-13-3-4-14(20-13)15(19)18-8-5-12(11-18)10-17-6-1-2-7-17;;/h12-14H,1-11,16H2;2*1H/t12?,13-,14+;;/m1../s1. The Morgan fingerprint density at radius 3 is 2.45 bits per heavy atom. The summed E-state index contributed by atoms with van der Waals surface area (Å²) in [6, 6.07) is 0. The third kappa shape index (κ3) is 4.71. The van der Waals surface area contributed by atoms with Gasteiger partial charge in [-0.2, -0.15) is 0 Å². The summed E-state index contributed by atoms with van der Waals surface area (Å²) in [5, 5.41) is 0. The number of ether oxygens (including phenoxy) is 1. The Hall–Kier alpha value is -0.0700. The Labute approximate surface area is 145 Å². The van der Waals surface area contributed by atoms with Crippen LogP contribution in [0.2, 0.25) is 0 Å². The van der Waals surface area contributed by atoms with Crippen molar-refractivity contribution in [3.63, 3.8) is 0 Å². The van der Waals surface area contributed by atoms with Crippen LogP contribution in [0.5, 0.6) is 0 Å². The van der Waals surface area contributed by atoms with Crippen LogP contribution in [0.4, 0.5) is 0 Å². The van der Waals surface area contributed by atoms with E-state index in [1.165, 1.54) is 32.5 Å². The number of likely N-dealkylation sites (tertiary alicyclic amines) is 2. The first-order chi connectivity index (χ1) is 9.76. The zero-order valence-electron chi connectivity index (χ0n) is 13.1. The lowest BCUT2D eigenvalue weighted by Crippen LogP contribution is -2.39. The summed E-state index contributed by atoms with van der Waals surface area (Å²) in [6.45, 7) is 6.01. The molecule has 3 atom stereocenters. The van der Waals surface area contributed by atoms with Gasteiger partial charge in [0.2, 0.25) is 0 Å². The Morgan fingerprint density at radius 1 is 1.09 bits per heavy atom. The maximum atomic E-state index is 12.4. The van der Waals surface area contributed by atoms with Gasteiger partial charge in [-0.1, -0.05) is 0 Å². The van der Waals surface area contributed by atoms with E-state index in [9.17, 15) is 4.79 Å². The van der Waals surface area contributed by atoms with Gasteiger partial charge in [0.1, 0.15) is 6.10 Å². The van der Waals surface area contributed by atoms with Crippen molar-refractivity contribution in [2.75, 3.05) is 39.3 Å². The molecule has 3 aliphatic rings. The van der Waals surface area contributed by atoms with E-state index < -0.39 is 0 Å². The molecule has 3 aliphatic heterocycles. The molecule has 0 spiro atoms. The van der Waals surface area contributed by atoms with Gasteiger partial charge in [-0.3, -0.25) is 4.79 Å². The first-order valence-corrected chi connectivity index (χ1v) is 8.13. The summed E-state index contributed by atoms with van der Waals surface area (Å²) in [6.07, 6.45) is 5.46. The number of carbonyl (C=O) groups is 1. The molecule has 0 aromatic rings. The summed E-state index contributed by atoms with van der Waals surface area (Å²) in [5.74, 6) is 0.855. The second-order valence-electron chi connectivity index (χ2n) is 6.51. The Kier molecular flexibility index (Phi) is 8.43. The molecular formula is C15H29Cl2N3O2. The average Bonchev–Trinajstić information content (AvgIpc) is 3.20. The molecule has 0 bridgehead atoms. The number of hydrogen-bond donors (Lipinski definition) is 1. The third-order valence-corrected chi connectivity index (χ3v) is 4.96. The normalized spacial score (nSPS) is 31.9. The zero-order valence-corrected chi connectivity index (χ0v) is 14.7. The summed E-state index contributed by atoms with van der Waals surface area (Å²) in [4.78, 5) is 17.0. The van der Waals surface area contributed by atoms with Crippen LogP contribution in [0.15, 0.2) is 0 Å². The van der Waals surface area contributed by atoms with Gasteiger partial charge in [0.25, 0.3) is 5.91 Å². The summed E-state index contributed by atoms with van der Waals surface area (Å²) >= 11 is 0. The Morgan fingerprint density at radius 2 is 1.82 bits per heavy atom. The van der Waals surface area contributed by atoms with E-state index in [4.69, 9.17) is 10.5 Å².